The van der Waals surface area contributed by atoms with Gasteiger partial charge < -0.3 is 15.9 Å². The number of hydrogen-bond donors (Lipinski definition) is 3. The Morgan fingerprint density at radius 3 is 2.20 bits per heavy atom. The van der Waals surface area contributed by atoms with Crippen LogP contribution in [0.15, 0.2) is 0 Å². The Labute approximate surface area is 65.4 Å². The van der Waals surface area contributed by atoms with Crippen LogP contribution < -0.4 is 5.73 Å². The number of hydrogen-bond acceptors (Lipinski definition) is 3. The molecule has 62 valence electrons. The van der Waals surface area contributed by atoms with Crippen LogP contribution in [0.4, 0.5) is 0 Å². The van der Waals surface area contributed by atoms with Crippen molar-refractivity contribution in [3.8, 4) is 0 Å². The number of halogens is 1. The summed E-state index contributed by atoms with van der Waals surface area (Å²) in [4.78, 5) is 10.00. The van der Waals surface area contributed by atoms with Gasteiger partial charge in [0.2, 0.25) is 0 Å². The summed E-state index contributed by atoms with van der Waals surface area (Å²) in [6.07, 6.45) is -0.536. The highest BCUT2D eigenvalue weighted by atomic mass is 35.5. The molecule has 0 spiro atoms. The lowest BCUT2D eigenvalue weighted by molar-refractivity contribution is -0.139. The average Bonchev–Trinajstić information content (AvgIpc) is 1.63. The van der Waals surface area contributed by atoms with E-state index in [2.05, 4.69) is 0 Å². The summed E-state index contributed by atoms with van der Waals surface area (Å²) in [5.41, 5.74) is 5.06. The number of rotatable bonds is 3. The maximum atomic E-state index is 10.00. The van der Waals surface area contributed by atoms with Gasteiger partial charge >= 0.3 is 5.97 Å². The van der Waals surface area contributed by atoms with Gasteiger partial charge in [0.1, 0.15) is 6.04 Å². The number of aliphatic hydroxyl groups is 1. The second-order valence-corrected chi connectivity index (χ2v) is 2.03. The predicted octanol–water partition coefficient (Wildman–Crippen LogP) is -0.409. The molecule has 0 aromatic carbocycles. The first-order valence-corrected chi connectivity index (χ1v) is 2.70. The summed E-state index contributed by atoms with van der Waals surface area (Å²) in [6.45, 7) is 1.50. The fraction of sp³-hybridized carbons (Fsp3) is 0.800. The summed E-state index contributed by atoms with van der Waals surface area (Å²) < 4.78 is 0. The van der Waals surface area contributed by atoms with Crippen LogP contribution in [0.2, 0.25) is 0 Å². The van der Waals surface area contributed by atoms with Gasteiger partial charge in [0.15, 0.2) is 0 Å². The van der Waals surface area contributed by atoms with Gasteiger partial charge in [-0.25, -0.2) is 0 Å². The van der Waals surface area contributed by atoms with E-state index in [1.807, 2.05) is 0 Å². The van der Waals surface area contributed by atoms with E-state index in [9.17, 15) is 4.79 Å². The number of nitrogens with two attached hydrogens (primary N) is 1. The Bertz CT molecular complexity index is 107. The van der Waals surface area contributed by atoms with Crippen LogP contribution in [0.25, 0.3) is 0 Å². The summed E-state index contributed by atoms with van der Waals surface area (Å²) in [7, 11) is 0. The maximum absolute atomic E-state index is 10.00. The third-order valence-corrected chi connectivity index (χ3v) is 0.912. The van der Waals surface area contributed by atoms with Crippen LogP contribution in [0.3, 0.4) is 0 Å². The Balaban J connectivity index is 0. The van der Waals surface area contributed by atoms with Gasteiger partial charge in [0, 0.05) is 0 Å². The second kappa shape index (κ2) is 5.46. The van der Waals surface area contributed by atoms with Crippen LogP contribution in [0.5, 0.6) is 0 Å². The van der Waals surface area contributed by atoms with Crippen molar-refractivity contribution in [2.75, 3.05) is 0 Å². The first-order chi connectivity index (χ1) is 4.04. The summed E-state index contributed by atoms with van der Waals surface area (Å²) in [6, 6.07) is -0.940. The first kappa shape index (κ1) is 12.4. The van der Waals surface area contributed by atoms with E-state index in [-0.39, 0.29) is 18.8 Å². The molecule has 4 N–H and O–H groups in total. The van der Waals surface area contributed by atoms with Crippen LogP contribution in [-0.2, 0) is 4.79 Å². The van der Waals surface area contributed by atoms with Gasteiger partial charge in [0.25, 0.3) is 0 Å². The normalized spacial score (nSPS) is 15.1. The van der Waals surface area contributed by atoms with Crippen LogP contribution in [0.1, 0.15) is 13.3 Å². The van der Waals surface area contributed by atoms with Gasteiger partial charge in [0.05, 0.1) is 6.10 Å². The van der Waals surface area contributed by atoms with Crippen molar-refractivity contribution in [3.63, 3.8) is 0 Å². The lowest BCUT2D eigenvalue weighted by atomic mass is 10.1. The number of aliphatic hydroxyl groups excluding tert-OH is 1. The number of aliphatic carboxylic acids is 1. The molecule has 0 bridgehead atoms. The van der Waals surface area contributed by atoms with Crippen LogP contribution in [0, 0.1) is 0 Å². The number of carbonyl (C=O) groups is 1. The Morgan fingerprint density at radius 1 is 1.70 bits per heavy atom. The van der Waals surface area contributed by atoms with Crippen molar-refractivity contribution in [1.82, 2.24) is 0 Å². The van der Waals surface area contributed by atoms with Crippen molar-refractivity contribution >= 4 is 18.4 Å². The van der Waals surface area contributed by atoms with E-state index in [1.54, 1.807) is 0 Å². The molecule has 0 aliphatic rings. The first-order valence-electron chi connectivity index (χ1n) is 2.70. The fourth-order valence-corrected chi connectivity index (χ4v) is 0.468. The van der Waals surface area contributed by atoms with Crippen molar-refractivity contribution in [2.24, 2.45) is 5.73 Å². The molecule has 0 saturated carbocycles. The number of carboxylic acid groups (broad SMARTS) is 1. The molecule has 0 radical (unpaired) electrons. The van der Waals surface area contributed by atoms with Gasteiger partial charge in [-0.3, -0.25) is 4.79 Å². The van der Waals surface area contributed by atoms with E-state index in [0.29, 0.717) is 0 Å². The summed E-state index contributed by atoms with van der Waals surface area (Å²) >= 11 is 0. The standard InChI is InChI=1S/C5H11NO3.ClH/c1-3(7)2-4(6)5(8)9;/h3-4,7H,2,6H2,1H3,(H,8,9);1H. The summed E-state index contributed by atoms with van der Waals surface area (Å²) in [5.74, 6) is -1.07. The van der Waals surface area contributed by atoms with Gasteiger partial charge in [-0.15, -0.1) is 12.4 Å². The lowest BCUT2D eigenvalue weighted by Gasteiger charge is -2.06. The molecule has 0 aromatic rings. The molecule has 4 nitrogen and oxygen atoms in total. The molecule has 2 atom stereocenters. The molecule has 0 aliphatic carbocycles. The molecule has 0 aliphatic heterocycles. The highest BCUT2D eigenvalue weighted by Crippen LogP contribution is 1.93. The SMILES string of the molecule is CC(O)CC(N)C(=O)O.Cl. The van der Waals surface area contributed by atoms with E-state index in [4.69, 9.17) is 15.9 Å². The van der Waals surface area contributed by atoms with E-state index >= 15 is 0 Å². The molecular formula is C5H12ClNO3. The zero-order valence-electron chi connectivity index (χ0n) is 5.65. The molecule has 0 rings (SSSR count). The molecule has 0 saturated heterocycles. The van der Waals surface area contributed by atoms with Crippen molar-refractivity contribution < 1.29 is 15.0 Å². The highest BCUT2D eigenvalue weighted by molar-refractivity contribution is 5.85. The molecular weight excluding hydrogens is 158 g/mol. The van der Waals surface area contributed by atoms with E-state index in [0.717, 1.165) is 0 Å². The molecule has 2 unspecified atom stereocenters. The second-order valence-electron chi connectivity index (χ2n) is 2.03. The van der Waals surface area contributed by atoms with Crippen molar-refractivity contribution in [1.29, 1.82) is 0 Å². The Hall–Kier alpha value is -0.320. The van der Waals surface area contributed by atoms with E-state index in [1.165, 1.54) is 6.92 Å². The minimum absolute atomic E-state index is 0. The molecule has 5 heteroatoms. The van der Waals surface area contributed by atoms with Gasteiger partial charge in [-0.2, -0.15) is 0 Å². The quantitative estimate of drug-likeness (QED) is 0.537. The van der Waals surface area contributed by atoms with Crippen molar-refractivity contribution in [2.45, 2.75) is 25.5 Å². The zero-order valence-corrected chi connectivity index (χ0v) is 6.47. The maximum Gasteiger partial charge on any atom is 0.320 e. The van der Waals surface area contributed by atoms with E-state index < -0.39 is 18.1 Å². The monoisotopic (exact) mass is 169 g/mol. The molecule has 0 fully saturated rings. The number of carboxylic acids is 1. The lowest BCUT2D eigenvalue weighted by Crippen LogP contribution is -2.33. The third-order valence-electron chi connectivity index (χ3n) is 0.912. The molecule has 10 heavy (non-hydrogen) atoms. The Morgan fingerprint density at radius 2 is 2.10 bits per heavy atom. The van der Waals surface area contributed by atoms with Gasteiger partial charge in [-0.05, 0) is 13.3 Å². The minimum Gasteiger partial charge on any atom is -0.480 e. The molecule has 0 heterocycles. The smallest absolute Gasteiger partial charge is 0.320 e. The fourth-order valence-electron chi connectivity index (χ4n) is 0.468. The molecule has 0 amide bonds. The zero-order chi connectivity index (χ0) is 7.44. The average molecular weight is 170 g/mol. The largest absolute Gasteiger partial charge is 0.480 e. The molecule has 0 aromatic heterocycles. The van der Waals surface area contributed by atoms with Gasteiger partial charge in [-0.1, -0.05) is 0 Å². The predicted molar refractivity (Wildman–Crippen MR) is 39.2 cm³/mol. The third kappa shape index (κ3) is 5.81. The van der Waals surface area contributed by atoms with Crippen LogP contribution in [-0.4, -0.2) is 28.3 Å². The van der Waals surface area contributed by atoms with Crippen molar-refractivity contribution in [3.05, 3.63) is 0 Å². The van der Waals surface area contributed by atoms with Crippen LogP contribution >= 0.6 is 12.4 Å². The topological polar surface area (TPSA) is 83.5 Å². The summed E-state index contributed by atoms with van der Waals surface area (Å²) in [5, 5.41) is 16.8. The highest BCUT2D eigenvalue weighted by Gasteiger charge is 2.12. The Kier molecular flexibility index (Phi) is 6.76. The minimum atomic E-state index is -1.07.